The van der Waals surface area contributed by atoms with Gasteiger partial charge in [0.15, 0.2) is 0 Å². The molecule has 1 aliphatic heterocycles. The van der Waals surface area contributed by atoms with Crippen LogP contribution in [0.3, 0.4) is 0 Å². The minimum absolute atomic E-state index is 0.204. The number of aromatic nitrogens is 2. The van der Waals surface area contributed by atoms with Gasteiger partial charge in [-0.3, -0.25) is 9.40 Å². The molecule has 1 N–H and O–H groups in total. The highest BCUT2D eigenvalue weighted by Crippen LogP contribution is 2.37. The quantitative estimate of drug-likeness (QED) is 0.918. The molecule has 8 heteroatoms. The van der Waals surface area contributed by atoms with Crippen LogP contribution in [0.1, 0.15) is 11.4 Å². The lowest BCUT2D eigenvalue weighted by Crippen LogP contribution is -2.38. The molecular weight excluding hydrogens is 314 g/mol. The largest absolute Gasteiger partial charge is 0.489 e. The standard InChI is InChI=1S/C13H14ClN3O3S/c1-8-13(9(2)16-15-8)21(18,19)17-5-6-20-12-4-3-10(14)7-11(12)17/h3-4,7H,5-6H2,1-2H3,(H,15,16). The van der Waals surface area contributed by atoms with Gasteiger partial charge in [0.2, 0.25) is 0 Å². The molecule has 1 aromatic carbocycles. The van der Waals surface area contributed by atoms with Crippen molar-refractivity contribution in [2.45, 2.75) is 18.7 Å². The van der Waals surface area contributed by atoms with E-state index in [0.29, 0.717) is 34.5 Å². The van der Waals surface area contributed by atoms with Gasteiger partial charge in [0.1, 0.15) is 17.3 Å². The lowest BCUT2D eigenvalue weighted by Gasteiger charge is -2.30. The summed E-state index contributed by atoms with van der Waals surface area (Å²) < 4.78 is 32.7. The zero-order chi connectivity index (χ0) is 15.2. The monoisotopic (exact) mass is 327 g/mol. The highest BCUT2D eigenvalue weighted by atomic mass is 35.5. The molecule has 0 unspecified atom stereocenters. The summed E-state index contributed by atoms with van der Waals surface area (Å²) in [6.07, 6.45) is 0. The molecule has 1 aromatic heterocycles. The molecule has 0 radical (unpaired) electrons. The van der Waals surface area contributed by atoms with Crippen molar-refractivity contribution in [3.63, 3.8) is 0 Å². The van der Waals surface area contributed by atoms with Crippen LogP contribution in [-0.2, 0) is 10.0 Å². The fourth-order valence-corrected chi connectivity index (χ4v) is 4.40. The van der Waals surface area contributed by atoms with Crippen molar-refractivity contribution in [1.29, 1.82) is 0 Å². The summed E-state index contributed by atoms with van der Waals surface area (Å²) in [6.45, 7) is 3.88. The number of nitrogens with zero attached hydrogens (tertiary/aromatic N) is 2. The first kappa shape index (κ1) is 14.2. The van der Waals surface area contributed by atoms with Crippen LogP contribution in [0.5, 0.6) is 5.75 Å². The lowest BCUT2D eigenvalue weighted by atomic mass is 10.2. The number of fused-ring (bicyclic) bond motifs is 1. The van der Waals surface area contributed by atoms with Gasteiger partial charge in [-0.1, -0.05) is 11.6 Å². The molecule has 0 saturated heterocycles. The number of hydrogen-bond acceptors (Lipinski definition) is 4. The van der Waals surface area contributed by atoms with Gasteiger partial charge >= 0.3 is 0 Å². The van der Waals surface area contributed by atoms with Crippen LogP contribution in [0.2, 0.25) is 5.02 Å². The summed E-state index contributed by atoms with van der Waals surface area (Å²) in [6, 6.07) is 4.94. The van der Waals surface area contributed by atoms with Crippen LogP contribution in [0.25, 0.3) is 0 Å². The summed E-state index contributed by atoms with van der Waals surface area (Å²) in [7, 11) is -3.71. The predicted octanol–water partition coefficient (Wildman–Crippen LogP) is 2.27. The second kappa shape index (κ2) is 4.92. The Morgan fingerprint density at radius 3 is 2.81 bits per heavy atom. The first-order chi connectivity index (χ1) is 9.91. The average Bonchev–Trinajstić information content (AvgIpc) is 2.77. The second-order valence-electron chi connectivity index (χ2n) is 4.80. The third kappa shape index (κ3) is 2.26. The van der Waals surface area contributed by atoms with Gasteiger partial charge in [-0.2, -0.15) is 5.10 Å². The number of anilines is 1. The molecule has 0 atom stereocenters. The molecule has 3 rings (SSSR count). The number of hydrogen-bond donors (Lipinski definition) is 1. The Bertz CT molecular complexity index is 781. The van der Waals surface area contributed by atoms with Gasteiger partial charge in [0.25, 0.3) is 10.0 Å². The highest BCUT2D eigenvalue weighted by Gasteiger charge is 2.33. The molecule has 0 aliphatic carbocycles. The molecule has 0 fully saturated rings. The summed E-state index contributed by atoms with van der Waals surface area (Å²) in [4.78, 5) is 0.204. The number of ether oxygens (including phenoxy) is 1. The van der Waals surface area contributed by atoms with E-state index in [4.69, 9.17) is 16.3 Å². The van der Waals surface area contributed by atoms with Gasteiger partial charge < -0.3 is 4.74 Å². The van der Waals surface area contributed by atoms with Crippen molar-refractivity contribution in [3.8, 4) is 5.75 Å². The molecule has 2 heterocycles. The average molecular weight is 328 g/mol. The molecule has 0 spiro atoms. The van der Waals surface area contributed by atoms with Gasteiger partial charge in [-0.15, -0.1) is 0 Å². The smallest absolute Gasteiger partial charge is 0.268 e. The second-order valence-corrected chi connectivity index (χ2v) is 7.04. The number of aryl methyl sites for hydroxylation is 2. The number of sulfonamides is 1. The van der Waals surface area contributed by atoms with Crippen molar-refractivity contribution in [2.24, 2.45) is 0 Å². The Hall–Kier alpha value is -1.73. The normalized spacial score (nSPS) is 14.7. The van der Waals surface area contributed by atoms with E-state index < -0.39 is 10.0 Å². The van der Waals surface area contributed by atoms with Crippen LogP contribution >= 0.6 is 11.6 Å². The first-order valence-corrected chi connectivity index (χ1v) is 8.19. The Kier molecular flexibility index (Phi) is 3.33. The van der Waals surface area contributed by atoms with E-state index in [1.165, 1.54) is 4.31 Å². The van der Waals surface area contributed by atoms with E-state index in [1.807, 2.05) is 0 Å². The summed E-state index contributed by atoms with van der Waals surface area (Å²) >= 11 is 5.98. The van der Waals surface area contributed by atoms with E-state index in [-0.39, 0.29) is 11.4 Å². The molecule has 0 saturated carbocycles. The van der Waals surface area contributed by atoms with E-state index in [1.54, 1.807) is 32.0 Å². The van der Waals surface area contributed by atoms with Crippen molar-refractivity contribution in [3.05, 3.63) is 34.6 Å². The van der Waals surface area contributed by atoms with Gasteiger partial charge in [0.05, 0.1) is 23.6 Å². The Morgan fingerprint density at radius 2 is 2.14 bits per heavy atom. The number of benzene rings is 1. The third-order valence-electron chi connectivity index (χ3n) is 3.35. The summed E-state index contributed by atoms with van der Waals surface area (Å²) in [5.41, 5.74) is 1.42. The predicted molar refractivity (Wildman–Crippen MR) is 79.5 cm³/mol. The van der Waals surface area contributed by atoms with Gasteiger partial charge in [-0.25, -0.2) is 8.42 Å². The van der Waals surface area contributed by atoms with Crippen molar-refractivity contribution < 1.29 is 13.2 Å². The maximum Gasteiger partial charge on any atom is 0.268 e. The van der Waals surface area contributed by atoms with Crippen molar-refractivity contribution in [1.82, 2.24) is 10.2 Å². The zero-order valence-electron chi connectivity index (χ0n) is 11.6. The highest BCUT2D eigenvalue weighted by molar-refractivity contribution is 7.93. The minimum Gasteiger partial charge on any atom is -0.489 e. The topological polar surface area (TPSA) is 75.3 Å². The third-order valence-corrected chi connectivity index (χ3v) is 5.66. The minimum atomic E-state index is -3.71. The van der Waals surface area contributed by atoms with Crippen molar-refractivity contribution in [2.75, 3.05) is 17.5 Å². The lowest BCUT2D eigenvalue weighted by molar-refractivity contribution is 0.316. The summed E-state index contributed by atoms with van der Waals surface area (Å²) in [5.74, 6) is 0.507. The number of halogens is 1. The van der Waals surface area contributed by atoms with Gasteiger partial charge in [0, 0.05) is 5.02 Å². The van der Waals surface area contributed by atoms with E-state index in [0.717, 1.165) is 0 Å². The van der Waals surface area contributed by atoms with Crippen molar-refractivity contribution >= 4 is 27.3 Å². The Balaban J connectivity index is 2.16. The number of H-pyrrole nitrogens is 1. The molecule has 1 aliphatic rings. The Labute approximate surface area is 127 Å². The molecule has 0 amide bonds. The molecule has 6 nitrogen and oxygen atoms in total. The van der Waals surface area contributed by atoms with E-state index >= 15 is 0 Å². The van der Waals surface area contributed by atoms with Gasteiger partial charge in [-0.05, 0) is 32.0 Å². The van der Waals surface area contributed by atoms with Crippen LogP contribution < -0.4 is 9.04 Å². The SMILES string of the molecule is Cc1n[nH]c(C)c1S(=O)(=O)N1CCOc2ccc(Cl)cc21. The fourth-order valence-electron chi connectivity index (χ4n) is 2.45. The van der Waals surface area contributed by atoms with E-state index in [2.05, 4.69) is 10.2 Å². The zero-order valence-corrected chi connectivity index (χ0v) is 13.1. The maximum atomic E-state index is 12.9. The molecule has 2 aromatic rings. The van der Waals surface area contributed by atoms with Crippen LogP contribution in [0.4, 0.5) is 5.69 Å². The molecule has 21 heavy (non-hydrogen) atoms. The number of rotatable bonds is 2. The van der Waals surface area contributed by atoms with Crippen LogP contribution in [0.15, 0.2) is 23.1 Å². The van der Waals surface area contributed by atoms with E-state index in [9.17, 15) is 8.42 Å². The molecular formula is C13H14ClN3O3S. The molecule has 0 bridgehead atoms. The number of nitrogens with one attached hydrogen (secondary N) is 1. The summed E-state index contributed by atoms with van der Waals surface area (Å²) in [5, 5.41) is 7.13. The van der Waals surface area contributed by atoms with Crippen LogP contribution in [0, 0.1) is 13.8 Å². The fraction of sp³-hybridized carbons (Fsp3) is 0.308. The molecule has 112 valence electrons. The maximum absolute atomic E-state index is 12.9. The first-order valence-electron chi connectivity index (χ1n) is 6.38. The number of aromatic amines is 1. The Morgan fingerprint density at radius 1 is 1.38 bits per heavy atom. The van der Waals surface area contributed by atoms with Crippen LogP contribution in [-0.4, -0.2) is 31.8 Å².